The van der Waals surface area contributed by atoms with Crippen LogP contribution in [0.4, 0.5) is 18.9 Å². The standard InChI is InChI=1S/C20H20ClF3N2O3S/c21-17-5-1-14(2-6-17)13-30(28,29)26-11-9-15(10-12-26)19(27)25-18-7-3-16(4-8-18)20(22,23)24/h1-8,15H,9-13H2,(H,25,27). The summed E-state index contributed by atoms with van der Waals surface area (Å²) in [4.78, 5) is 12.4. The molecule has 0 unspecified atom stereocenters. The molecule has 1 saturated heterocycles. The second-order valence-corrected chi connectivity index (χ2v) is 9.53. The van der Waals surface area contributed by atoms with E-state index in [2.05, 4.69) is 5.32 Å². The minimum atomic E-state index is -4.44. The number of anilines is 1. The highest BCUT2D eigenvalue weighted by Gasteiger charge is 2.32. The number of nitrogens with zero attached hydrogens (tertiary/aromatic N) is 1. The SMILES string of the molecule is O=C(Nc1ccc(C(F)(F)F)cc1)C1CCN(S(=O)(=O)Cc2ccc(Cl)cc2)CC1. The molecular formula is C20H20ClF3N2O3S. The molecule has 2 aromatic carbocycles. The van der Waals surface area contributed by atoms with Crippen LogP contribution in [0.3, 0.4) is 0 Å². The molecule has 162 valence electrons. The van der Waals surface area contributed by atoms with Crippen LogP contribution in [0.15, 0.2) is 48.5 Å². The summed E-state index contributed by atoms with van der Waals surface area (Å²) < 4.78 is 64.4. The molecule has 0 radical (unpaired) electrons. The van der Waals surface area contributed by atoms with Crippen LogP contribution in [-0.2, 0) is 26.7 Å². The molecular weight excluding hydrogens is 441 g/mol. The van der Waals surface area contributed by atoms with Gasteiger partial charge in [0.1, 0.15) is 0 Å². The molecule has 1 aliphatic heterocycles. The molecule has 5 nitrogen and oxygen atoms in total. The Morgan fingerprint density at radius 3 is 2.13 bits per heavy atom. The van der Waals surface area contributed by atoms with E-state index < -0.39 is 27.7 Å². The van der Waals surface area contributed by atoms with Crippen LogP contribution in [0.1, 0.15) is 24.0 Å². The summed E-state index contributed by atoms with van der Waals surface area (Å²) in [5, 5.41) is 3.13. The molecule has 1 N–H and O–H groups in total. The van der Waals surface area contributed by atoms with Gasteiger partial charge in [-0.3, -0.25) is 4.79 Å². The molecule has 0 atom stereocenters. The van der Waals surface area contributed by atoms with Crippen molar-refractivity contribution in [2.24, 2.45) is 5.92 Å². The lowest BCUT2D eigenvalue weighted by molar-refractivity contribution is -0.137. The maximum Gasteiger partial charge on any atom is 0.416 e. The van der Waals surface area contributed by atoms with Gasteiger partial charge >= 0.3 is 6.18 Å². The molecule has 1 heterocycles. The normalized spacial score (nSPS) is 16.4. The number of carbonyl (C=O) groups excluding carboxylic acids is 1. The van der Waals surface area contributed by atoms with E-state index in [4.69, 9.17) is 11.6 Å². The van der Waals surface area contributed by atoms with Crippen LogP contribution >= 0.6 is 11.6 Å². The van der Waals surface area contributed by atoms with E-state index in [0.29, 0.717) is 23.4 Å². The monoisotopic (exact) mass is 460 g/mol. The fourth-order valence-electron chi connectivity index (χ4n) is 3.27. The number of alkyl halides is 3. The van der Waals surface area contributed by atoms with E-state index in [1.807, 2.05) is 0 Å². The van der Waals surface area contributed by atoms with Crippen molar-refractivity contribution in [3.63, 3.8) is 0 Å². The number of hydrogen-bond acceptors (Lipinski definition) is 3. The lowest BCUT2D eigenvalue weighted by atomic mass is 9.97. The number of nitrogens with one attached hydrogen (secondary N) is 1. The van der Waals surface area contributed by atoms with Crippen molar-refractivity contribution in [3.05, 3.63) is 64.7 Å². The smallest absolute Gasteiger partial charge is 0.326 e. The molecule has 10 heteroatoms. The van der Waals surface area contributed by atoms with Gasteiger partial charge in [-0.1, -0.05) is 23.7 Å². The molecule has 1 fully saturated rings. The molecule has 0 spiro atoms. The Morgan fingerprint density at radius 2 is 1.60 bits per heavy atom. The van der Waals surface area contributed by atoms with Gasteiger partial charge in [-0.2, -0.15) is 13.2 Å². The number of amides is 1. The van der Waals surface area contributed by atoms with Crippen LogP contribution in [0.25, 0.3) is 0 Å². The first-order valence-corrected chi connectivity index (χ1v) is 11.2. The molecule has 0 aromatic heterocycles. The number of piperidine rings is 1. The maximum absolute atomic E-state index is 12.6. The maximum atomic E-state index is 12.6. The molecule has 1 amide bonds. The summed E-state index contributed by atoms with van der Waals surface area (Å²) in [6.45, 7) is 0.419. The molecule has 0 bridgehead atoms. The van der Waals surface area contributed by atoms with Gasteiger partial charge < -0.3 is 5.32 Å². The van der Waals surface area contributed by atoms with Gasteiger partial charge in [0.25, 0.3) is 0 Å². The Balaban J connectivity index is 1.54. The molecule has 30 heavy (non-hydrogen) atoms. The predicted molar refractivity (Wildman–Crippen MR) is 108 cm³/mol. The summed E-state index contributed by atoms with van der Waals surface area (Å²) in [6, 6.07) is 10.8. The molecule has 0 saturated carbocycles. The van der Waals surface area contributed by atoms with Gasteiger partial charge in [0.15, 0.2) is 0 Å². The van der Waals surface area contributed by atoms with Crippen molar-refractivity contribution < 1.29 is 26.4 Å². The van der Waals surface area contributed by atoms with Gasteiger partial charge in [-0.05, 0) is 54.8 Å². The first-order chi connectivity index (χ1) is 14.0. The van der Waals surface area contributed by atoms with Gasteiger partial charge in [0, 0.05) is 29.7 Å². The number of benzene rings is 2. The van der Waals surface area contributed by atoms with Crippen LogP contribution in [0, 0.1) is 5.92 Å². The first kappa shape index (κ1) is 22.6. The van der Waals surface area contributed by atoms with E-state index in [9.17, 15) is 26.4 Å². The fourth-order valence-corrected chi connectivity index (χ4v) is 4.95. The fraction of sp³-hybridized carbons (Fsp3) is 0.350. The van der Waals surface area contributed by atoms with Gasteiger partial charge in [-0.25, -0.2) is 12.7 Å². The van der Waals surface area contributed by atoms with Crippen LogP contribution in [0.2, 0.25) is 5.02 Å². The third-order valence-electron chi connectivity index (χ3n) is 4.96. The number of sulfonamides is 1. The van der Waals surface area contributed by atoms with E-state index in [-0.39, 0.29) is 30.4 Å². The summed E-state index contributed by atoms with van der Waals surface area (Å²) in [6.07, 6.45) is -3.76. The van der Waals surface area contributed by atoms with Crippen LogP contribution < -0.4 is 5.32 Å². The Hall–Kier alpha value is -2.10. The summed E-state index contributed by atoms with van der Waals surface area (Å²) in [5.41, 5.74) is 0.104. The topological polar surface area (TPSA) is 66.5 Å². The predicted octanol–water partition coefficient (Wildman–Crippen LogP) is 4.54. The summed E-state index contributed by atoms with van der Waals surface area (Å²) in [5.74, 6) is -0.883. The lowest BCUT2D eigenvalue weighted by Gasteiger charge is -2.30. The average Bonchev–Trinajstić information content (AvgIpc) is 2.69. The second kappa shape index (κ2) is 8.95. The van der Waals surface area contributed by atoms with E-state index >= 15 is 0 Å². The third-order valence-corrected chi connectivity index (χ3v) is 7.06. The van der Waals surface area contributed by atoms with Crippen molar-refractivity contribution in [2.75, 3.05) is 18.4 Å². The zero-order chi connectivity index (χ0) is 21.9. The molecule has 3 rings (SSSR count). The Labute approximate surface area is 177 Å². The van der Waals surface area contributed by atoms with E-state index in [1.165, 1.54) is 16.4 Å². The Bertz CT molecular complexity index is 985. The quantitative estimate of drug-likeness (QED) is 0.712. The molecule has 1 aliphatic rings. The molecule has 2 aromatic rings. The highest BCUT2D eigenvalue weighted by molar-refractivity contribution is 7.88. The first-order valence-electron chi connectivity index (χ1n) is 9.25. The van der Waals surface area contributed by atoms with Crippen molar-refractivity contribution in [3.8, 4) is 0 Å². The zero-order valence-corrected chi connectivity index (χ0v) is 17.4. The highest BCUT2D eigenvalue weighted by atomic mass is 35.5. The number of rotatable bonds is 5. The second-order valence-electron chi connectivity index (χ2n) is 7.12. The summed E-state index contributed by atoms with van der Waals surface area (Å²) in [7, 11) is -3.52. The van der Waals surface area contributed by atoms with Crippen molar-refractivity contribution in [1.29, 1.82) is 0 Å². The number of carbonyl (C=O) groups is 1. The highest BCUT2D eigenvalue weighted by Crippen LogP contribution is 2.30. The zero-order valence-electron chi connectivity index (χ0n) is 15.8. The van der Waals surface area contributed by atoms with Crippen molar-refractivity contribution in [2.45, 2.75) is 24.8 Å². The summed E-state index contributed by atoms with van der Waals surface area (Å²) >= 11 is 5.82. The number of hydrogen-bond donors (Lipinski definition) is 1. The molecule has 0 aliphatic carbocycles. The van der Waals surface area contributed by atoms with E-state index in [0.717, 1.165) is 12.1 Å². The van der Waals surface area contributed by atoms with Gasteiger partial charge in [0.05, 0.1) is 11.3 Å². The minimum Gasteiger partial charge on any atom is -0.326 e. The Kier molecular flexibility index (Phi) is 6.74. The van der Waals surface area contributed by atoms with Crippen molar-refractivity contribution in [1.82, 2.24) is 4.31 Å². The van der Waals surface area contributed by atoms with Crippen LogP contribution in [-0.4, -0.2) is 31.7 Å². The van der Waals surface area contributed by atoms with Gasteiger partial charge in [-0.15, -0.1) is 0 Å². The lowest BCUT2D eigenvalue weighted by Crippen LogP contribution is -2.41. The Morgan fingerprint density at radius 1 is 1.03 bits per heavy atom. The van der Waals surface area contributed by atoms with Gasteiger partial charge in [0.2, 0.25) is 15.9 Å². The average molecular weight is 461 g/mol. The largest absolute Gasteiger partial charge is 0.416 e. The third kappa shape index (κ3) is 5.74. The number of halogens is 4. The van der Waals surface area contributed by atoms with E-state index in [1.54, 1.807) is 24.3 Å². The van der Waals surface area contributed by atoms with Crippen LogP contribution in [0.5, 0.6) is 0 Å². The minimum absolute atomic E-state index is 0.146. The van der Waals surface area contributed by atoms with Crippen molar-refractivity contribution >= 4 is 33.2 Å².